The molecular weight excluding hydrogens is 256 g/mol. The first-order valence-electron chi connectivity index (χ1n) is 7.42. The van der Waals surface area contributed by atoms with E-state index in [0.29, 0.717) is 0 Å². The van der Waals surface area contributed by atoms with Gasteiger partial charge in [0.25, 0.3) is 0 Å². The zero-order valence-corrected chi connectivity index (χ0v) is 11.6. The molecule has 3 aliphatic rings. The lowest BCUT2D eigenvalue weighted by Gasteiger charge is -2.42. The molecule has 1 saturated carbocycles. The van der Waals surface area contributed by atoms with Crippen molar-refractivity contribution in [3.05, 3.63) is 24.3 Å². The smallest absolute Gasteiger partial charge is 0.168 e. The van der Waals surface area contributed by atoms with E-state index in [1.54, 1.807) is 0 Å². The maximum atomic E-state index is 5.99. The number of ether oxygens (including phenoxy) is 4. The van der Waals surface area contributed by atoms with E-state index in [9.17, 15) is 0 Å². The summed E-state index contributed by atoms with van der Waals surface area (Å²) in [5, 5.41) is 0. The van der Waals surface area contributed by atoms with E-state index in [1.165, 1.54) is 0 Å². The lowest BCUT2D eigenvalue weighted by molar-refractivity contribution is -0.195. The highest BCUT2D eigenvalue weighted by Crippen LogP contribution is 2.47. The number of benzene rings is 1. The molecular formula is C16H20O4. The third-order valence-corrected chi connectivity index (χ3v) is 4.80. The van der Waals surface area contributed by atoms with Crippen molar-refractivity contribution in [2.75, 3.05) is 26.4 Å². The van der Waals surface area contributed by atoms with Gasteiger partial charge in [-0.05, 0) is 25.0 Å². The number of para-hydroxylation sites is 2. The van der Waals surface area contributed by atoms with Crippen LogP contribution in [0.5, 0.6) is 11.5 Å². The summed E-state index contributed by atoms with van der Waals surface area (Å²) >= 11 is 0. The van der Waals surface area contributed by atoms with Gasteiger partial charge >= 0.3 is 0 Å². The first-order valence-corrected chi connectivity index (χ1v) is 7.42. The van der Waals surface area contributed by atoms with Gasteiger partial charge in [0.2, 0.25) is 0 Å². The van der Waals surface area contributed by atoms with Crippen LogP contribution in [0.2, 0.25) is 0 Å². The topological polar surface area (TPSA) is 36.9 Å². The lowest BCUT2D eigenvalue weighted by atomic mass is 9.73. The van der Waals surface area contributed by atoms with Gasteiger partial charge in [0.15, 0.2) is 17.3 Å². The van der Waals surface area contributed by atoms with E-state index in [-0.39, 0.29) is 11.2 Å². The van der Waals surface area contributed by atoms with Gasteiger partial charge in [-0.2, -0.15) is 0 Å². The molecule has 4 heteroatoms. The van der Waals surface area contributed by atoms with Gasteiger partial charge < -0.3 is 18.9 Å². The number of hydrogen-bond donors (Lipinski definition) is 0. The Hall–Kier alpha value is -1.26. The second-order valence-corrected chi connectivity index (χ2v) is 6.13. The molecule has 1 aromatic rings. The predicted molar refractivity (Wildman–Crippen MR) is 73.0 cm³/mol. The average molecular weight is 276 g/mol. The molecule has 1 aliphatic carbocycles. The highest BCUT2D eigenvalue weighted by molar-refractivity contribution is 5.40. The first-order chi connectivity index (χ1) is 9.79. The minimum Gasteiger partial charge on any atom is -0.489 e. The SMILES string of the molecule is c1ccc2c(c1)OCC1(CCC3(CC1)OCCO3)CO2. The monoisotopic (exact) mass is 276 g/mol. The van der Waals surface area contributed by atoms with Gasteiger partial charge in [0.05, 0.1) is 26.4 Å². The van der Waals surface area contributed by atoms with Gasteiger partial charge in [-0.25, -0.2) is 0 Å². The van der Waals surface area contributed by atoms with E-state index in [4.69, 9.17) is 18.9 Å². The molecule has 2 heterocycles. The molecule has 2 spiro atoms. The third-order valence-electron chi connectivity index (χ3n) is 4.80. The van der Waals surface area contributed by atoms with Crippen LogP contribution in [0.25, 0.3) is 0 Å². The second-order valence-electron chi connectivity index (χ2n) is 6.13. The highest BCUT2D eigenvalue weighted by atomic mass is 16.7. The molecule has 20 heavy (non-hydrogen) atoms. The fourth-order valence-corrected chi connectivity index (χ4v) is 3.43. The molecule has 4 rings (SSSR count). The Balaban J connectivity index is 1.48. The lowest BCUT2D eigenvalue weighted by Crippen LogP contribution is -2.44. The van der Waals surface area contributed by atoms with Crippen LogP contribution in [-0.2, 0) is 9.47 Å². The Bertz CT molecular complexity index is 454. The van der Waals surface area contributed by atoms with Crippen molar-refractivity contribution in [3.63, 3.8) is 0 Å². The Morgan fingerprint density at radius 2 is 1.30 bits per heavy atom. The zero-order valence-electron chi connectivity index (χ0n) is 11.6. The standard InChI is InChI=1S/C16H20O4/c1-2-4-14-13(3-1)17-11-15(12-18-14)5-7-16(8-6-15)19-9-10-20-16/h1-4H,5-12H2. The number of fused-ring (bicyclic) bond motifs is 1. The zero-order chi connectivity index (χ0) is 13.5. The summed E-state index contributed by atoms with van der Waals surface area (Å²) in [7, 11) is 0. The van der Waals surface area contributed by atoms with Gasteiger partial charge in [-0.1, -0.05) is 12.1 Å². The van der Waals surface area contributed by atoms with E-state index in [1.807, 2.05) is 24.3 Å². The normalized spacial score (nSPS) is 26.6. The summed E-state index contributed by atoms with van der Waals surface area (Å²) < 4.78 is 23.6. The number of rotatable bonds is 0. The van der Waals surface area contributed by atoms with Crippen LogP contribution < -0.4 is 9.47 Å². The Labute approximate surface area is 119 Å². The Morgan fingerprint density at radius 3 is 1.85 bits per heavy atom. The van der Waals surface area contributed by atoms with Gasteiger partial charge in [-0.3, -0.25) is 0 Å². The van der Waals surface area contributed by atoms with E-state index in [2.05, 4.69) is 0 Å². The van der Waals surface area contributed by atoms with Crippen LogP contribution in [-0.4, -0.2) is 32.2 Å². The Kier molecular flexibility index (Phi) is 2.89. The van der Waals surface area contributed by atoms with Crippen molar-refractivity contribution in [1.82, 2.24) is 0 Å². The van der Waals surface area contributed by atoms with Crippen molar-refractivity contribution < 1.29 is 18.9 Å². The van der Waals surface area contributed by atoms with Crippen molar-refractivity contribution in [1.29, 1.82) is 0 Å². The van der Waals surface area contributed by atoms with Crippen molar-refractivity contribution in [2.24, 2.45) is 5.41 Å². The maximum absolute atomic E-state index is 5.99. The summed E-state index contributed by atoms with van der Waals surface area (Å²) in [6, 6.07) is 7.91. The molecule has 108 valence electrons. The summed E-state index contributed by atoms with van der Waals surface area (Å²) in [6.07, 6.45) is 3.94. The fraction of sp³-hybridized carbons (Fsp3) is 0.625. The molecule has 0 atom stereocenters. The van der Waals surface area contributed by atoms with Crippen LogP contribution in [0.3, 0.4) is 0 Å². The molecule has 0 unspecified atom stereocenters. The summed E-state index contributed by atoms with van der Waals surface area (Å²) in [5.41, 5.74) is 0.0968. The molecule has 1 aromatic carbocycles. The molecule has 0 radical (unpaired) electrons. The molecule has 0 aromatic heterocycles. The van der Waals surface area contributed by atoms with Gasteiger partial charge in [0.1, 0.15) is 0 Å². The minimum atomic E-state index is -0.315. The van der Waals surface area contributed by atoms with Crippen LogP contribution in [0, 0.1) is 5.41 Å². The second kappa shape index (κ2) is 4.64. The van der Waals surface area contributed by atoms with Crippen LogP contribution in [0.1, 0.15) is 25.7 Å². The maximum Gasteiger partial charge on any atom is 0.168 e. The molecule has 2 aliphatic heterocycles. The molecule has 0 bridgehead atoms. The van der Waals surface area contributed by atoms with Crippen LogP contribution in [0.15, 0.2) is 24.3 Å². The molecule has 0 N–H and O–H groups in total. The average Bonchev–Trinajstić information content (AvgIpc) is 2.88. The molecule has 4 nitrogen and oxygen atoms in total. The van der Waals surface area contributed by atoms with E-state index >= 15 is 0 Å². The molecule has 1 saturated heterocycles. The van der Waals surface area contributed by atoms with Crippen molar-refractivity contribution in [3.8, 4) is 11.5 Å². The van der Waals surface area contributed by atoms with Crippen LogP contribution >= 0.6 is 0 Å². The first kappa shape index (κ1) is 12.5. The quantitative estimate of drug-likeness (QED) is 0.730. The van der Waals surface area contributed by atoms with E-state index < -0.39 is 0 Å². The minimum absolute atomic E-state index is 0.0968. The molecule has 2 fully saturated rings. The van der Waals surface area contributed by atoms with Gasteiger partial charge in [0, 0.05) is 18.3 Å². The predicted octanol–water partition coefficient (Wildman–Crippen LogP) is 2.76. The summed E-state index contributed by atoms with van der Waals surface area (Å²) in [5.74, 6) is 1.40. The Morgan fingerprint density at radius 1 is 0.750 bits per heavy atom. The van der Waals surface area contributed by atoms with Crippen LogP contribution in [0.4, 0.5) is 0 Å². The van der Waals surface area contributed by atoms with Crippen molar-refractivity contribution in [2.45, 2.75) is 31.5 Å². The molecule has 0 amide bonds. The summed E-state index contributed by atoms with van der Waals surface area (Å²) in [4.78, 5) is 0. The summed E-state index contributed by atoms with van der Waals surface area (Å²) in [6.45, 7) is 2.90. The third kappa shape index (κ3) is 2.07. The number of hydrogen-bond acceptors (Lipinski definition) is 4. The fourth-order valence-electron chi connectivity index (χ4n) is 3.43. The van der Waals surface area contributed by atoms with E-state index in [0.717, 1.165) is 63.6 Å². The largest absolute Gasteiger partial charge is 0.489 e. The van der Waals surface area contributed by atoms with Gasteiger partial charge in [-0.15, -0.1) is 0 Å². The van der Waals surface area contributed by atoms with Crippen molar-refractivity contribution >= 4 is 0 Å². The highest BCUT2D eigenvalue weighted by Gasteiger charge is 2.47.